The highest BCUT2D eigenvalue weighted by Gasteiger charge is 2.35. The molecule has 2 fully saturated rings. The number of hydrogen-bond acceptors (Lipinski definition) is 3. The van der Waals surface area contributed by atoms with Crippen molar-refractivity contribution >= 4 is 11.8 Å². The lowest BCUT2D eigenvalue weighted by Crippen LogP contribution is -2.55. The van der Waals surface area contributed by atoms with Crippen LogP contribution in [0, 0.1) is 0 Å². The summed E-state index contributed by atoms with van der Waals surface area (Å²) in [6.45, 7) is 5.94. The van der Waals surface area contributed by atoms with E-state index in [9.17, 15) is 0 Å². The van der Waals surface area contributed by atoms with Gasteiger partial charge in [0.05, 0.1) is 0 Å². The van der Waals surface area contributed by atoms with Crippen molar-refractivity contribution in [3.63, 3.8) is 0 Å². The molecule has 0 radical (unpaired) electrons. The number of hydrogen-bond donors (Lipinski definition) is 1. The predicted molar refractivity (Wildman–Crippen MR) is 63.7 cm³/mol. The van der Waals surface area contributed by atoms with E-state index >= 15 is 0 Å². The van der Waals surface area contributed by atoms with E-state index in [-0.39, 0.29) is 0 Å². The van der Waals surface area contributed by atoms with E-state index in [0.717, 1.165) is 11.3 Å². The molecule has 2 aliphatic heterocycles. The third kappa shape index (κ3) is 1.95. The Labute approximate surface area is 91.6 Å². The van der Waals surface area contributed by atoms with Crippen LogP contribution in [-0.2, 0) is 0 Å². The van der Waals surface area contributed by atoms with Crippen molar-refractivity contribution in [2.75, 3.05) is 12.3 Å². The maximum Gasteiger partial charge on any atom is 0.0223 e. The molecule has 14 heavy (non-hydrogen) atoms. The average Bonchev–Trinajstić information content (AvgIpc) is 2.57. The largest absolute Gasteiger partial charge is 0.326 e. The minimum atomic E-state index is 0.404. The van der Waals surface area contributed by atoms with Gasteiger partial charge in [0.2, 0.25) is 0 Å². The number of likely N-dealkylation sites (tertiary alicyclic amines) is 1. The molecule has 4 atom stereocenters. The second-order valence-corrected chi connectivity index (χ2v) is 6.20. The van der Waals surface area contributed by atoms with E-state index in [1.54, 1.807) is 0 Å². The van der Waals surface area contributed by atoms with Gasteiger partial charge in [0, 0.05) is 23.4 Å². The van der Waals surface area contributed by atoms with E-state index in [4.69, 9.17) is 5.73 Å². The summed E-state index contributed by atoms with van der Waals surface area (Å²) < 4.78 is 0. The van der Waals surface area contributed by atoms with Gasteiger partial charge in [0.15, 0.2) is 0 Å². The lowest BCUT2D eigenvalue weighted by Gasteiger charge is -2.42. The standard InChI is InChI=1S/C11H22N2S/c1-8-10(12)4-3-6-13(8)11-5-7-14-9(11)2/h8-11H,3-7,12H2,1-2H3. The van der Waals surface area contributed by atoms with E-state index in [1.807, 2.05) is 0 Å². The zero-order valence-electron chi connectivity index (χ0n) is 9.28. The highest BCUT2D eigenvalue weighted by Crippen LogP contribution is 2.33. The van der Waals surface area contributed by atoms with Crippen LogP contribution < -0.4 is 5.73 Å². The Morgan fingerprint density at radius 3 is 2.71 bits per heavy atom. The molecule has 2 nitrogen and oxygen atoms in total. The van der Waals surface area contributed by atoms with Crippen LogP contribution in [0.5, 0.6) is 0 Å². The van der Waals surface area contributed by atoms with Crippen molar-refractivity contribution in [2.45, 2.75) is 56.5 Å². The molecule has 0 amide bonds. The molecule has 0 aromatic rings. The molecule has 0 aromatic carbocycles. The Balaban J connectivity index is 2.01. The number of thioether (sulfide) groups is 1. The molecular weight excluding hydrogens is 192 g/mol. The first kappa shape index (κ1) is 10.8. The Kier molecular flexibility index (Phi) is 3.40. The molecule has 2 N–H and O–H groups in total. The summed E-state index contributed by atoms with van der Waals surface area (Å²) in [7, 11) is 0. The third-order valence-electron chi connectivity index (χ3n) is 3.86. The van der Waals surface area contributed by atoms with Crippen molar-refractivity contribution in [2.24, 2.45) is 5.73 Å². The SMILES string of the molecule is CC1SCCC1N1CCCC(N)C1C. The van der Waals surface area contributed by atoms with Gasteiger partial charge >= 0.3 is 0 Å². The summed E-state index contributed by atoms with van der Waals surface area (Å²) in [4.78, 5) is 2.67. The van der Waals surface area contributed by atoms with Gasteiger partial charge in [0.1, 0.15) is 0 Å². The lowest BCUT2D eigenvalue weighted by molar-refractivity contribution is 0.0915. The zero-order valence-corrected chi connectivity index (χ0v) is 10.1. The topological polar surface area (TPSA) is 29.3 Å². The highest BCUT2D eigenvalue weighted by molar-refractivity contribution is 8.00. The van der Waals surface area contributed by atoms with Gasteiger partial charge < -0.3 is 5.73 Å². The van der Waals surface area contributed by atoms with Crippen LogP contribution in [0.4, 0.5) is 0 Å². The summed E-state index contributed by atoms with van der Waals surface area (Å²) in [6, 6.07) is 1.79. The minimum Gasteiger partial charge on any atom is -0.326 e. The van der Waals surface area contributed by atoms with Crippen LogP contribution in [0.15, 0.2) is 0 Å². The van der Waals surface area contributed by atoms with Crippen LogP contribution in [0.3, 0.4) is 0 Å². The van der Waals surface area contributed by atoms with Crippen LogP contribution in [-0.4, -0.2) is 40.6 Å². The molecule has 4 unspecified atom stereocenters. The molecular formula is C11H22N2S. The van der Waals surface area contributed by atoms with Gasteiger partial charge in [-0.05, 0) is 38.5 Å². The van der Waals surface area contributed by atoms with Crippen molar-refractivity contribution in [1.82, 2.24) is 4.90 Å². The molecule has 0 bridgehead atoms. The van der Waals surface area contributed by atoms with Gasteiger partial charge in [-0.3, -0.25) is 4.90 Å². The number of nitrogens with zero attached hydrogens (tertiary/aromatic N) is 1. The molecule has 3 heteroatoms. The van der Waals surface area contributed by atoms with Crippen LogP contribution >= 0.6 is 11.8 Å². The zero-order chi connectivity index (χ0) is 10.1. The summed E-state index contributed by atoms with van der Waals surface area (Å²) in [5.74, 6) is 1.34. The smallest absolute Gasteiger partial charge is 0.0223 e. The van der Waals surface area contributed by atoms with E-state index < -0.39 is 0 Å². The minimum absolute atomic E-state index is 0.404. The van der Waals surface area contributed by atoms with Crippen LogP contribution in [0.25, 0.3) is 0 Å². The number of rotatable bonds is 1. The first-order valence-electron chi connectivity index (χ1n) is 5.83. The van der Waals surface area contributed by atoms with Gasteiger partial charge in [-0.15, -0.1) is 0 Å². The average molecular weight is 214 g/mol. The molecule has 0 spiro atoms. The number of piperidine rings is 1. The molecule has 0 aliphatic carbocycles. The maximum absolute atomic E-state index is 6.13. The van der Waals surface area contributed by atoms with Crippen molar-refractivity contribution in [1.29, 1.82) is 0 Å². The summed E-state index contributed by atoms with van der Waals surface area (Å²) in [5, 5.41) is 0.808. The van der Waals surface area contributed by atoms with E-state index in [2.05, 4.69) is 30.5 Å². The summed E-state index contributed by atoms with van der Waals surface area (Å²) >= 11 is 2.12. The van der Waals surface area contributed by atoms with Gasteiger partial charge in [-0.25, -0.2) is 0 Å². The first-order valence-corrected chi connectivity index (χ1v) is 6.88. The van der Waals surface area contributed by atoms with E-state index in [0.29, 0.717) is 12.1 Å². The second-order valence-electron chi connectivity index (χ2n) is 4.72. The van der Waals surface area contributed by atoms with Gasteiger partial charge in [-0.1, -0.05) is 6.92 Å². The Morgan fingerprint density at radius 2 is 2.07 bits per heavy atom. The summed E-state index contributed by atoms with van der Waals surface area (Å²) in [5.41, 5.74) is 6.13. The molecule has 82 valence electrons. The van der Waals surface area contributed by atoms with Crippen LogP contribution in [0.2, 0.25) is 0 Å². The Morgan fingerprint density at radius 1 is 1.29 bits per heavy atom. The fourth-order valence-electron chi connectivity index (χ4n) is 2.82. The highest BCUT2D eigenvalue weighted by atomic mass is 32.2. The van der Waals surface area contributed by atoms with Crippen molar-refractivity contribution < 1.29 is 0 Å². The third-order valence-corrected chi connectivity index (χ3v) is 5.17. The fourth-order valence-corrected chi connectivity index (χ4v) is 4.09. The molecule has 2 rings (SSSR count). The molecule has 2 heterocycles. The van der Waals surface area contributed by atoms with Gasteiger partial charge in [0.25, 0.3) is 0 Å². The van der Waals surface area contributed by atoms with E-state index in [1.165, 1.54) is 31.6 Å². The van der Waals surface area contributed by atoms with Gasteiger partial charge in [-0.2, -0.15) is 11.8 Å². The Bertz CT molecular complexity index is 198. The maximum atomic E-state index is 6.13. The molecule has 0 saturated carbocycles. The summed E-state index contributed by atoms with van der Waals surface area (Å²) in [6.07, 6.45) is 3.87. The van der Waals surface area contributed by atoms with Crippen molar-refractivity contribution in [3.8, 4) is 0 Å². The molecule has 0 aromatic heterocycles. The molecule has 2 saturated heterocycles. The lowest BCUT2D eigenvalue weighted by atomic mass is 9.95. The number of nitrogens with two attached hydrogens (primary N) is 1. The Hall–Kier alpha value is 0.270. The fraction of sp³-hybridized carbons (Fsp3) is 1.00. The predicted octanol–water partition coefficient (Wildman–Crippen LogP) is 1.69. The molecule has 2 aliphatic rings. The van der Waals surface area contributed by atoms with Crippen molar-refractivity contribution in [3.05, 3.63) is 0 Å². The quantitative estimate of drug-likeness (QED) is 0.720. The first-order chi connectivity index (χ1) is 6.70. The van der Waals surface area contributed by atoms with Crippen LogP contribution in [0.1, 0.15) is 33.1 Å². The second kappa shape index (κ2) is 4.42. The normalized spacial score (nSPS) is 45.6. The monoisotopic (exact) mass is 214 g/mol.